The molecule has 0 aliphatic carbocycles. The Morgan fingerprint density at radius 3 is 1.17 bits per heavy atom. The van der Waals surface area contributed by atoms with Crippen LogP contribution in [0.2, 0.25) is 13.1 Å². The van der Waals surface area contributed by atoms with Crippen molar-refractivity contribution in [2.24, 2.45) is 0 Å². The average Bonchev–Trinajstić information content (AvgIpc) is 3.39. The molecule has 1 radical (unpaired) electrons. The standard InChI is InChI=1S/2C12H11.C2H7Si.2ClH.Os/c2*1-10-6-5-9-12(10)11-7-3-2-4-8-11;1-3-2;;;/h2*2-9H,1H3;3H,1-2H3;2*1H;/q2*-1;;;;+2/p-2. The van der Waals surface area contributed by atoms with Gasteiger partial charge in [0.15, 0.2) is 0 Å². The summed E-state index contributed by atoms with van der Waals surface area (Å²) in [6.45, 7) is 8.70. The van der Waals surface area contributed by atoms with Gasteiger partial charge < -0.3 is 0 Å². The Labute approximate surface area is 200 Å². The van der Waals surface area contributed by atoms with E-state index in [2.05, 4.69) is 112 Å². The van der Waals surface area contributed by atoms with Gasteiger partial charge in [-0.15, -0.1) is 0 Å². The third-order valence-electron chi connectivity index (χ3n) is 4.24. The van der Waals surface area contributed by atoms with Crippen LogP contribution in [0.25, 0.3) is 22.3 Å². The molecule has 0 atom stereocenters. The maximum absolute atomic E-state index is 4.90. The van der Waals surface area contributed by atoms with Gasteiger partial charge in [-0.3, -0.25) is 0 Å². The fraction of sp³-hybridized carbons (Fsp3) is 0.154. The molecular formula is C26H29Cl2OsSi-2. The summed E-state index contributed by atoms with van der Waals surface area (Å²) in [4.78, 5) is 0. The summed E-state index contributed by atoms with van der Waals surface area (Å²) in [6.07, 6.45) is 0. The molecule has 0 amide bonds. The van der Waals surface area contributed by atoms with Crippen LogP contribution in [0.3, 0.4) is 0 Å². The van der Waals surface area contributed by atoms with Crippen molar-refractivity contribution in [3.05, 3.63) is 108 Å². The van der Waals surface area contributed by atoms with Gasteiger partial charge in [-0.25, -0.2) is 0 Å². The topological polar surface area (TPSA) is 0 Å². The molecule has 0 nitrogen and oxygen atoms in total. The molecule has 0 aliphatic heterocycles. The Balaban J connectivity index is 0.000000239. The molecule has 4 aromatic rings. The second-order valence-corrected chi connectivity index (χ2v) is 11.4. The fourth-order valence-electron chi connectivity index (χ4n) is 2.90. The van der Waals surface area contributed by atoms with Crippen molar-refractivity contribution in [1.82, 2.24) is 0 Å². The van der Waals surface area contributed by atoms with Crippen molar-refractivity contribution in [3.63, 3.8) is 0 Å². The normalized spacial score (nSPS) is 9.40. The van der Waals surface area contributed by atoms with Gasteiger partial charge in [-0.05, 0) is 0 Å². The first-order valence-electron chi connectivity index (χ1n) is 9.73. The van der Waals surface area contributed by atoms with Gasteiger partial charge in [0.05, 0.1) is 0 Å². The maximum atomic E-state index is 4.90. The van der Waals surface area contributed by atoms with Crippen LogP contribution in [0.15, 0.2) is 97.1 Å². The molecule has 4 rings (SSSR count). The Kier molecular flexibility index (Phi) is 14.4. The first-order valence-corrected chi connectivity index (χ1v) is 18.3. The van der Waals surface area contributed by atoms with Crippen LogP contribution >= 0.6 is 19.3 Å². The Morgan fingerprint density at radius 2 is 0.933 bits per heavy atom. The van der Waals surface area contributed by atoms with Gasteiger partial charge >= 0.3 is 34.7 Å². The van der Waals surface area contributed by atoms with Crippen LogP contribution in [-0.4, -0.2) is 9.52 Å². The van der Waals surface area contributed by atoms with E-state index in [-0.39, 0.29) is 0 Å². The van der Waals surface area contributed by atoms with Crippen LogP contribution in [0.5, 0.6) is 0 Å². The second-order valence-electron chi connectivity index (χ2n) is 6.60. The van der Waals surface area contributed by atoms with Crippen molar-refractivity contribution < 1.29 is 15.4 Å². The van der Waals surface area contributed by atoms with E-state index in [4.69, 9.17) is 19.3 Å². The summed E-state index contributed by atoms with van der Waals surface area (Å²) >= 11 is -0.639. The van der Waals surface area contributed by atoms with Gasteiger partial charge in [-0.2, -0.15) is 58.7 Å². The first kappa shape index (κ1) is 26.6. The van der Waals surface area contributed by atoms with E-state index in [0.29, 0.717) is 0 Å². The van der Waals surface area contributed by atoms with Crippen LogP contribution in [0.4, 0.5) is 0 Å². The SMILES string of the molecule is C[SiH]C.Cc1c[cH-]cc1-c1ccccc1.Cc1c[cH-]cc1-c1ccccc1.[Cl][Os][Cl]. The number of hydrogen-bond acceptors (Lipinski definition) is 0. The molecule has 0 saturated heterocycles. The van der Waals surface area contributed by atoms with E-state index < -0.39 is 15.4 Å². The summed E-state index contributed by atoms with van der Waals surface area (Å²) in [5, 5.41) is 0. The first-order chi connectivity index (χ1) is 14.6. The zero-order valence-electron chi connectivity index (χ0n) is 17.9. The summed E-state index contributed by atoms with van der Waals surface area (Å²) in [6, 6.07) is 33.7. The molecule has 0 heterocycles. The molecule has 30 heavy (non-hydrogen) atoms. The van der Waals surface area contributed by atoms with Gasteiger partial charge in [0, 0.05) is 9.52 Å². The van der Waals surface area contributed by atoms with Crippen molar-refractivity contribution in [3.8, 4) is 22.3 Å². The number of hydrogen-bond donors (Lipinski definition) is 0. The van der Waals surface area contributed by atoms with Gasteiger partial charge in [0.1, 0.15) is 0 Å². The molecule has 161 valence electrons. The number of halogens is 2. The minimum absolute atomic E-state index is 0.639. The molecule has 0 bridgehead atoms. The number of benzene rings is 2. The molecule has 0 spiro atoms. The third-order valence-corrected chi connectivity index (χ3v) is 4.24. The van der Waals surface area contributed by atoms with Crippen molar-refractivity contribution >= 4 is 28.8 Å². The predicted octanol–water partition coefficient (Wildman–Crippen LogP) is 8.66. The molecule has 0 N–H and O–H groups in total. The molecule has 4 aromatic carbocycles. The summed E-state index contributed by atoms with van der Waals surface area (Å²) in [5.41, 5.74) is 7.99. The monoisotopic (exact) mass is 631 g/mol. The van der Waals surface area contributed by atoms with Crippen LogP contribution in [0, 0.1) is 13.8 Å². The Bertz CT molecular complexity index is 837. The molecule has 0 aliphatic rings. The van der Waals surface area contributed by atoms with E-state index in [9.17, 15) is 0 Å². The fourth-order valence-corrected chi connectivity index (χ4v) is 2.90. The second kappa shape index (κ2) is 16.3. The summed E-state index contributed by atoms with van der Waals surface area (Å²) < 4.78 is 0. The Morgan fingerprint density at radius 1 is 0.633 bits per heavy atom. The Hall–Kier alpha value is -1.43. The molecule has 0 unspecified atom stereocenters. The molecule has 0 aromatic heterocycles. The molecule has 0 fully saturated rings. The van der Waals surface area contributed by atoms with E-state index in [1.807, 2.05) is 12.1 Å². The van der Waals surface area contributed by atoms with Gasteiger partial charge in [0.2, 0.25) is 0 Å². The molecule has 4 heteroatoms. The van der Waals surface area contributed by atoms with Crippen molar-refractivity contribution in [1.29, 1.82) is 0 Å². The molecular weight excluding hydrogens is 602 g/mol. The zero-order valence-corrected chi connectivity index (χ0v) is 23.1. The number of aryl methyl sites for hydroxylation is 2. The minimum atomic E-state index is -0.639. The summed E-state index contributed by atoms with van der Waals surface area (Å²) in [7, 11) is 10.6. The molecule has 0 saturated carbocycles. The average molecular weight is 631 g/mol. The number of rotatable bonds is 2. The van der Waals surface area contributed by atoms with Gasteiger partial charge in [0.25, 0.3) is 0 Å². The van der Waals surface area contributed by atoms with E-state index in [1.54, 1.807) is 0 Å². The zero-order chi connectivity index (χ0) is 22.2. The summed E-state index contributed by atoms with van der Waals surface area (Å²) in [5.74, 6) is 0. The third kappa shape index (κ3) is 9.59. The van der Waals surface area contributed by atoms with Crippen LogP contribution in [0.1, 0.15) is 11.1 Å². The van der Waals surface area contributed by atoms with Gasteiger partial charge in [-0.1, -0.05) is 98.7 Å². The quantitative estimate of drug-likeness (QED) is 0.154. The van der Waals surface area contributed by atoms with Crippen molar-refractivity contribution in [2.45, 2.75) is 26.9 Å². The van der Waals surface area contributed by atoms with Crippen LogP contribution < -0.4 is 0 Å². The predicted molar refractivity (Wildman–Crippen MR) is 135 cm³/mol. The van der Waals surface area contributed by atoms with E-state index in [1.165, 1.54) is 33.4 Å². The van der Waals surface area contributed by atoms with Crippen molar-refractivity contribution in [2.75, 3.05) is 0 Å². The van der Waals surface area contributed by atoms with E-state index >= 15 is 0 Å². The van der Waals surface area contributed by atoms with Crippen LogP contribution in [-0.2, 0) is 15.4 Å². The van der Waals surface area contributed by atoms with E-state index in [0.717, 1.165) is 9.52 Å².